The van der Waals surface area contributed by atoms with Crippen LogP contribution in [0.15, 0.2) is 46.9 Å². The zero-order chi connectivity index (χ0) is 15.2. The third-order valence-electron chi connectivity index (χ3n) is 3.05. The van der Waals surface area contributed by atoms with E-state index in [4.69, 9.17) is 9.47 Å². The number of halogens is 1. The molecule has 0 spiro atoms. The lowest BCUT2D eigenvalue weighted by atomic mass is 10.0. The molecule has 0 atom stereocenters. The molecular formula is C17H17BrO3. The highest BCUT2D eigenvalue weighted by molar-refractivity contribution is 9.10. The van der Waals surface area contributed by atoms with Crippen molar-refractivity contribution in [1.82, 2.24) is 0 Å². The molecule has 4 heteroatoms. The van der Waals surface area contributed by atoms with Crippen molar-refractivity contribution in [2.45, 2.75) is 6.92 Å². The average molecular weight is 349 g/mol. The summed E-state index contributed by atoms with van der Waals surface area (Å²) in [7, 11) is 1.63. The molecule has 0 aliphatic rings. The van der Waals surface area contributed by atoms with Crippen LogP contribution >= 0.6 is 15.9 Å². The monoisotopic (exact) mass is 348 g/mol. The molecule has 0 amide bonds. The van der Waals surface area contributed by atoms with Gasteiger partial charge >= 0.3 is 0 Å². The van der Waals surface area contributed by atoms with E-state index in [1.54, 1.807) is 25.3 Å². The summed E-state index contributed by atoms with van der Waals surface area (Å²) in [6.45, 7) is 2.99. The Morgan fingerprint density at radius 3 is 2.33 bits per heavy atom. The Kier molecular flexibility index (Phi) is 5.53. The molecule has 2 aromatic rings. The number of ether oxygens (including phenoxy) is 2. The summed E-state index contributed by atoms with van der Waals surface area (Å²) in [4.78, 5) is 12.4. The highest BCUT2D eigenvalue weighted by atomic mass is 79.9. The molecule has 0 radical (unpaired) electrons. The van der Waals surface area contributed by atoms with Crippen molar-refractivity contribution < 1.29 is 14.3 Å². The van der Waals surface area contributed by atoms with E-state index in [1.807, 2.05) is 31.2 Å². The van der Waals surface area contributed by atoms with Crippen LogP contribution in [0, 0.1) is 6.92 Å². The van der Waals surface area contributed by atoms with Crippen molar-refractivity contribution >= 4 is 21.7 Å². The lowest BCUT2D eigenvalue weighted by Crippen LogP contribution is -2.06. The predicted octanol–water partition coefficient (Wildman–Crippen LogP) is 4.01. The van der Waals surface area contributed by atoms with Crippen molar-refractivity contribution in [3.8, 4) is 5.75 Å². The number of hydrogen-bond acceptors (Lipinski definition) is 3. The summed E-state index contributed by atoms with van der Waals surface area (Å²) in [5.41, 5.74) is 2.44. The van der Waals surface area contributed by atoms with Crippen LogP contribution in [0.2, 0.25) is 0 Å². The molecule has 0 heterocycles. The number of ketones is 1. The SMILES string of the molecule is COCCOc1ccc(C(=O)c2ccc(C)cc2)cc1Br. The minimum absolute atomic E-state index is 0.000795. The summed E-state index contributed by atoms with van der Waals surface area (Å²) in [5.74, 6) is 0.701. The summed E-state index contributed by atoms with van der Waals surface area (Å²) >= 11 is 3.43. The molecule has 2 rings (SSSR count). The van der Waals surface area contributed by atoms with Crippen LogP contribution in [0.4, 0.5) is 0 Å². The van der Waals surface area contributed by atoms with E-state index < -0.39 is 0 Å². The fraction of sp³-hybridized carbons (Fsp3) is 0.235. The topological polar surface area (TPSA) is 35.5 Å². The van der Waals surface area contributed by atoms with Gasteiger partial charge in [0.2, 0.25) is 0 Å². The number of rotatable bonds is 6. The molecule has 0 saturated heterocycles. The molecule has 21 heavy (non-hydrogen) atoms. The maximum absolute atomic E-state index is 12.4. The van der Waals surface area contributed by atoms with Crippen molar-refractivity contribution in [2.24, 2.45) is 0 Å². The van der Waals surface area contributed by atoms with Gasteiger partial charge in [-0.3, -0.25) is 4.79 Å². The van der Waals surface area contributed by atoms with Gasteiger partial charge < -0.3 is 9.47 Å². The highest BCUT2D eigenvalue weighted by Gasteiger charge is 2.11. The molecule has 3 nitrogen and oxygen atoms in total. The zero-order valence-corrected chi connectivity index (χ0v) is 13.6. The van der Waals surface area contributed by atoms with Gasteiger partial charge in [0.1, 0.15) is 12.4 Å². The molecule has 0 unspecified atom stereocenters. The first-order valence-electron chi connectivity index (χ1n) is 6.64. The smallest absolute Gasteiger partial charge is 0.193 e. The third-order valence-corrected chi connectivity index (χ3v) is 3.67. The van der Waals surface area contributed by atoms with Gasteiger partial charge in [-0.05, 0) is 41.1 Å². The summed E-state index contributed by atoms with van der Waals surface area (Å²) in [6.07, 6.45) is 0. The average Bonchev–Trinajstić information content (AvgIpc) is 2.49. The first kappa shape index (κ1) is 15.7. The fourth-order valence-corrected chi connectivity index (χ4v) is 2.36. The largest absolute Gasteiger partial charge is 0.490 e. The Morgan fingerprint density at radius 2 is 1.71 bits per heavy atom. The molecule has 0 aliphatic heterocycles. The molecule has 0 fully saturated rings. The number of hydrogen-bond donors (Lipinski definition) is 0. The van der Waals surface area contributed by atoms with Gasteiger partial charge in [-0.2, -0.15) is 0 Å². The number of benzene rings is 2. The molecule has 0 saturated carbocycles. The molecule has 110 valence electrons. The second-order valence-corrected chi connectivity index (χ2v) is 5.54. The van der Waals surface area contributed by atoms with Crippen LogP contribution in [0.25, 0.3) is 0 Å². The van der Waals surface area contributed by atoms with Gasteiger partial charge in [0.05, 0.1) is 11.1 Å². The van der Waals surface area contributed by atoms with Gasteiger partial charge in [0.15, 0.2) is 5.78 Å². The third kappa shape index (κ3) is 4.16. The zero-order valence-electron chi connectivity index (χ0n) is 12.1. The van der Waals surface area contributed by atoms with Crippen LogP contribution in [0.5, 0.6) is 5.75 Å². The fourth-order valence-electron chi connectivity index (χ4n) is 1.87. The lowest BCUT2D eigenvalue weighted by molar-refractivity contribution is 0.103. The number of carbonyl (C=O) groups is 1. The van der Waals surface area contributed by atoms with Crippen molar-refractivity contribution in [2.75, 3.05) is 20.3 Å². The molecule has 0 aliphatic carbocycles. The Morgan fingerprint density at radius 1 is 1.05 bits per heavy atom. The van der Waals surface area contributed by atoms with E-state index >= 15 is 0 Å². The highest BCUT2D eigenvalue weighted by Crippen LogP contribution is 2.27. The van der Waals surface area contributed by atoms with Crippen LogP contribution in [0.1, 0.15) is 21.5 Å². The first-order valence-corrected chi connectivity index (χ1v) is 7.44. The van der Waals surface area contributed by atoms with Crippen LogP contribution in [-0.2, 0) is 4.74 Å². The van der Waals surface area contributed by atoms with Crippen molar-refractivity contribution in [3.63, 3.8) is 0 Å². The van der Waals surface area contributed by atoms with Crippen molar-refractivity contribution in [1.29, 1.82) is 0 Å². The van der Waals surface area contributed by atoms with E-state index in [9.17, 15) is 4.79 Å². The Bertz CT molecular complexity index is 620. The number of aryl methyl sites for hydroxylation is 1. The molecule has 0 aromatic heterocycles. The minimum atomic E-state index is -0.000795. The summed E-state index contributed by atoms with van der Waals surface area (Å²) < 4.78 is 11.2. The molecule has 0 N–H and O–H groups in total. The number of carbonyl (C=O) groups excluding carboxylic acids is 1. The van der Waals surface area contributed by atoms with Crippen molar-refractivity contribution in [3.05, 3.63) is 63.6 Å². The minimum Gasteiger partial charge on any atom is -0.490 e. The summed E-state index contributed by atoms with van der Waals surface area (Å²) in [5, 5.41) is 0. The second-order valence-electron chi connectivity index (χ2n) is 4.68. The Labute approximate surface area is 133 Å². The van der Waals surface area contributed by atoms with Gasteiger partial charge in [0, 0.05) is 18.2 Å². The van der Waals surface area contributed by atoms with E-state index in [0.717, 1.165) is 10.0 Å². The van der Waals surface area contributed by atoms with Crippen LogP contribution < -0.4 is 4.74 Å². The van der Waals surface area contributed by atoms with Crippen LogP contribution in [-0.4, -0.2) is 26.1 Å². The van der Waals surface area contributed by atoms with Gasteiger partial charge in [-0.1, -0.05) is 29.8 Å². The van der Waals surface area contributed by atoms with E-state index in [-0.39, 0.29) is 5.78 Å². The quantitative estimate of drug-likeness (QED) is 0.584. The van der Waals surface area contributed by atoms with E-state index in [0.29, 0.717) is 30.1 Å². The Balaban J connectivity index is 2.15. The van der Waals surface area contributed by atoms with Gasteiger partial charge in [-0.15, -0.1) is 0 Å². The Hall–Kier alpha value is -1.65. The number of methoxy groups -OCH3 is 1. The molecule has 2 aromatic carbocycles. The van der Waals surface area contributed by atoms with E-state index in [1.165, 1.54) is 0 Å². The maximum atomic E-state index is 12.4. The normalized spacial score (nSPS) is 10.4. The first-order chi connectivity index (χ1) is 10.1. The summed E-state index contributed by atoms with van der Waals surface area (Å²) in [6, 6.07) is 12.9. The standard InChI is InChI=1S/C17H17BrO3/c1-12-3-5-13(6-4-12)17(19)14-7-8-16(15(18)11-14)21-10-9-20-2/h3-8,11H,9-10H2,1-2H3. The van der Waals surface area contributed by atoms with Crippen LogP contribution in [0.3, 0.4) is 0 Å². The molecular weight excluding hydrogens is 332 g/mol. The lowest BCUT2D eigenvalue weighted by Gasteiger charge is -2.09. The second kappa shape index (κ2) is 7.38. The van der Waals surface area contributed by atoms with Gasteiger partial charge in [0.25, 0.3) is 0 Å². The van der Waals surface area contributed by atoms with Gasteiger partial charge in [-0.25, -0.2) is 0 Å². The molecule has 0 bridgehead atoms. The van der Waals surface area contributed by atoms with E-state index in [2.05, 4.69) is 15.9 Å². The maximum Gasteiger partial charge on any atom is 0.193 e. The predicted molar refractivity (Wildman–Crippen MR) is 86.1 cm³/mol.